The fraction of sp³-hybridized carbons (Fsp3) is 0.538. The molecule has 0 heterocycles. The number of hydrogen-bond acceptors (Lipinski definition) is 1. The Hall–Kier alpha value is -0.690. The second-order valence-corrected chi connectivity index (χ2v) is 4.52. The molecule has 2 heteroatoms. The highest BCUT2D eigenvalue weighted by molar-refractivity contribution is 6.20. The van der Waals surface area contributed by atoms with Crippen molar-refractivity contribution < 1.29 is 4.74 Å². The standard InChI is InChI=1S/C13H19ClO/c1-4-13(14)10(2)8-11-6-5-7-12(9-11)15-3/h5-7,9-10,13H,4,8H2,1-3H3. The molecule has 1 aromatic carbocycles. The van der Waals surface area contributed by atoms with E-state index in [4.69, 9.17) is 16.3 Å². The van der Waals surface area contributed by atoms with Crippen molar-refractivity contribution in [1.29, 1.82) is 0 Å². The van der Waals surface area contributed by atoms with Crippen LogP contribution in [0.4, 0.5) is 0 Å². The first-order chi connectivity index (χ1) is 7.17. The Morgan fingerprint density at radius 3 is 2.73 bits per heavy atom. The zero-order valence-corrected chi connectivity index (χ0v) is 10.4. The van der Waals surface area contributed by atoms with E-state index in [9.17, 15) is 0 Å². The summed E-state index contributed by atoms with van der Waals surface area (Å²) in [4.78, 5) is 0. The number of hydrogen-bond donors (Lipinski definition) is 0. The lowest BCUT2D eigenvalue weighted by molar-refractivity contribution is 0.413. The van der Waals surface area contributed by atoms with Gasteiger partial charge in [0.05, 0.1) is 7.11 Å². The molecular weight excluding hydrogens is 208 g/mol. The highest BCUT2D eigenvalue weighted by Crippen LogP contribution is 2.21. The van der Waals surface area contributed by atoms with Crippen LogP contribution in [0.3, 0.4) is 0 Å². The molecule has 0 aliphatic heterocycles. The van der Waals surface area contributed by atoms with E-state index in [2.05, 4.69) is 26.0 Å². The van der Waals surface area contributed by atoms with Gasteiger partial charge in [0.1, 0.15) is 5.75 Å². The van der Waals surface area contributed by atoms with Gasteiger partial charge in [0.2, 0.25) is 0 Å². The number of alkyl halides is 1. The Labute approximate surface area is 97.4 Å². The van der Waals surface area contributed by atoms with E-state index in [0.717, 1.165) is 18.6 Å². The minimum Gasteiger partial charge on any atom is -0.497 e. The van der Waals surface area contributed by atoms with Crippen molar-refractivity contribution in [3.63, 3.8) is 0 Å². The number of ether oxygens (including phenoxy) is 1. The van der Waals surface area contributed by atoms with Gasteiger partial charge in [0, 0.05) is 5.38 Å². The lowest BCUT2D eigenvalue weighted by Crippen LogP contribution is -2.12. The zero-order chi connectivity index (χ0) is 11.3. The lowest BCUT2D eigenvalue weighted by Gasteiger charge is -2.16. The van der Waals surface area contributed by atoms with Gasteiger partial charge in [-0.15, -0.1) is 11.6 Å². The normalized spacial score (nSPS) is 14.7. The Morgan fingerprint density at radius 2 is 2.13 bits per heavy atom. The summed E-state index contributed by atoms with van der Waals surface area (Å²) < 4.78 is 5.19. The first-order valence-corrected chi connectivity index (χ1v) is 5.88. The lowest BCUT2D eigenvalue weighted by atomic mass is 9.96. The van der Waals surface area contributed by atoms with Crippen LogP contribution < -0.4 is 4.74 Å². The molecule has 0 N–H and O–H groups in total. The average Bonchev–Trinajstić information content (AvgIpc) is 2.28. The van der Waals surface area contributed by atoms with Gasteiger partial charge in [-0.1, -0.05) is 26.0 Å². The van der Waals surface area contributed by atoms with Crippen molar-refractivity contribution in [2.45, 2.75) is 32.1 Å². The molecule has 0 amide bonds. The van der Waals surface area contributed by atoms with Crippen LogP contribution in [0.15, 0.2) is 24.3 Å². The van der Waals surface area contributed by atoms with Crippen molar-refractivity contribution in [1.82, 2.24) is 0 Å². The average molecular weight is 227 g/mol. The predicted octanol–water partition coefficient (Wildman–Crippen LogP) is 3.89. The molecule has 1 nitrogen and oxygen atoms in total. The molecule has 15 heavy (non-hydrogen) atoms. The quantitative estimate of drug-likeness (QED) is 0.693. The van der Waals surface area contributed by atoms with Gasteiger partial charge in [-0.05, 0) is 36.5 Å². The fourth-order valence-corrected chi connectivity index (χ4v) is 1.79. The highest BCUT2D eigenvalue weighted by Gasteiger charge is 2.12. The van der Waals surface area contributed by atoms with Crippen LogP contribution in [-0.2, 0) is 6.42 Å². The third-order valence-corrected chi connectivity index (χ3v) is 3.44. The van der Waals surface area contributed by atoms with Crippen LogP contribution in [0, 0.1) is 5.92 Å². The van der Waals surface area contributed by atoms with Crippen LogP contribution in [0.2, 0.25) is 0 Å². The van der Waals surface area contributed by atoms with E-state index >= 15 is 0 Å². The Balaban J connectivity index is 2.63. The zero-order valence-electron chi connectivity index (χ0n) is 9.66. The van der Waals surface area contributed by atoms with Crippen LogP contribution in [0.25, 0.3) is 0 Å². The molecule has 1 aromatic rings. The summed E-state index contributed by atoms with van der Waals surface area (Å²) in [5.74, 6) is 1.42. The van der Waals surface area contributed by atoms with Crippen molar-refractivity contribution in [3.05, 3.63) is 29.8 Å². The van der Waals surface area contributed by atoms with Crippen LogP contribution in [0.5, 0.6) is 5.75 Å². The number of benzene rings is 1. The summed E-state index contributed by atoms with van der Waals surface area (Å²) in [7, 11) is 1.69. The topological polar surface area (TPSA) is 9.23 Å². The third kappa shape index (κ3) is 3.75. The van der Waals surface area contributed by atoms with Crippen LogP contribution in [0.1, 0.15) is 25.8 Å². The largest absolute Gasteiger partial charge is 0.497 e. The van der Waals surface area contributed by atoms with Gasteiger partial charge in [0.25, 0.3) is 0 Å². The number of halogens is 1. The summed E-state index contributed by atoms with van der Waals surface area (Å²) in [5, 5.41) is 0.260. The van der Waals surface area contributed by atoms with Crippen molar-refractivity contribution in [2.75, 3.05) is 7.11 Å². The second kappa shape index (κ2) is 6.02. The first kappa shape index (κ1) is 12.4. The second-order valence-electron chi connectivity index (χ2n) is 3.96. The van der Waals surface area contributed by atoms with Crippen molar-refractivity contribution in [2.24, 2.45) is 5.92 Å². The van der Waals surface area contributed by atoms with E-state index < -0.39 is 0 Å². The maximum Gasteiger partial charge on any atom is 0.119 e. The third-order valence-electron chi connectivity index (χ3n) is 2.70. The molecule has 0 fully saturated rings. The molecule has 0 aromatic heterocycles. The maximum atomic E-state index is 6.21. The smallest absolute Gasteiger partial charge is 0.119 e. The molecule has 0 saturated heterocycles. The van der Waals surface area contributed by atoms with Gasteiger partial charge in [-0.2, -0.15) is 0 Å². The molecule has 0 spiro atoms. The molecule has 2 atom stereocenters. The summed E-state index contributed by atoms with van der Waals surface area (Å²) in [6.07, 6.45) is 2.03. The summed E-state index contributed by atoms with van der Waals surface area (Å²) >= 11 is 6.21. The summed E-state index contributed by atoms with van der Waals surface area (Å²) in [6, 6.07) is 8.19. The van der Waals surface area contributed by atoms with Gasteiger partial charge >= 0.3 is 0 Å². The van der Waals surface area contributed by atoms with Gasteiger partial charge in [-0.3, -0.25) is 0 Å². The molecule has 0 bridgehead atoms. The van der Waals surface area contributed by atoms with Crippen molar-refractivity contribution in [3.8, 4) is 5.75 Å². The maximum absolute atomic E-state index is 6.21. The van der Waals surface area contributed by atoms with E-state index in [-0.39, 0.29) is 5.38 Å². The van der Waals surface area contributed by atoms with E-state index in [0.29, 0.717) is 5.92 Å². The number of rotatable bonds is 5. The molecule has 2 unspecified atom stereocenters. The van der Waals surface area contributed by atoms with Crippen LogP contribution in [-0.4, -0.2) is 12.5 Å². The highest BCUT2D eigenvalue weighted by atomic mass is 35.5. The van der Waals surface area contributed by atoms with E-state index in [1.54, 1.807) is 7.11 Å². The fourth-order valence-electron chi connectivity index (χ4n) is 1.70. The summed E-state index contributed by atoms with van der Waals surface area (Å²) in [5.41, 5.74) is 1.29. The minimum atomic E-state index is 0.260. The Morgan fingerprint density at radius 1 is 1.40 bits per heavy atom. The SMILES string of the molecule is CCC(Cl)C(C)Cc1cccc(OC)c1. The van der Waals surface area contributed by atoms with Crippen molar-refractivity contribution >= 4 is 11.6 Å². The van der Waals surface area contributed by atoms with E-state index in [1.807, 2.05) is 12.1 Å². The first-order valence-electron chi connectivity index (χ1n) is 5.44. The molecule has 1 rings (SSSR count). The predicted molar refractivity (Wildman–Crippen MR) is 65.8 cm³/mol. The molecule has 0 radical (unpaired) electrons. The molecule has 0 saturated carbocycles. The molecular formula is C13H19ClO. The van der Waals surface area contributed by atoms with Gasteiger partial charge in [-0.25, -0.2) is 0 Å². The Kier molecular flexibility index (Phi) is 4.97. The minimum absolute atomic E-state index is 0.260. The number of methoxy groups -OCH3 is 1. The molecule has 84 valence electrons. The van der Waals surface area contributed by atoms with E-state index in [1.165, 1.54) is 5.56 Å². The summed E-state index contributed by atoms with van der Waals surface area (Å²) in [6.45, 7) is 4.32. The Bertz CT molecular complexity index is 298. The monoisotopic (exact) mass is 226 g/mol. The molecule has 0 aliphatic rings. The van der Waals surface area contributed by atoms with Gasteiger partial charge in [0.15, 0.2) is 0 Å². The van der Waals surface area contributed by atoms with Gasteiger partial charge < -0.3 is 4.74 Å². The van der Waals surface area contributed by atoms with Crippen LogP contribution >= 0.6 is 11.6 Å². The molecule has 0 aliphatic carbocycles.